The van der Waals surface area contributed by atoms with E-state index < -0.39 is 0 Å². The Balaban J connectivity index is 2.86. The Morgan fingerprint density at radius 1 is 1.75 bits per heavy atom. The quantitative estimate of drug-likeness (QED) is 0.391. The first-order valence-corrected chi connectivity index (χ1v) is 4.08. The van der Waals surface area contributed by atoms with Crippen molar-refractivity contribution in [3.8, 4) is 0 Å². The molecule has 1 unspecified atom stereocenters. The summed E-state index contributed by atoms with van der Waals surface area (Å²) in [6, 6.07) is 0. The Morgan fingerprint density at radius 2 is 2.38 bits per heavy atom. The normalized spacial score (nSPS) is 13.9. The minimum atomic E-state index is 0.0745. The molecule has 3 N–H and O–H groups in total. The predicted octanol–water partition coefficient (Wildman–Crippen LogP) is -0.0735. The van der Waals surface area contributed by atoms with E-state index in [-0.39, 0.29) is 12.0 Å². The van der Waals surface area contributed by atoms with Gasteiger partial charge in [0.1, 0.15) is 0 Å². The monoisotopic (exact) mass is 153 g/mol. The predicted molar refractivity (Wildman–Crippen MR) is 41.4 cm³/mol. The Kier molecular flexibility index (Phi) is 6.20. The van der Waals surface area contributed by atoms with Gasteiger partial charge in [0.15, 0.2) is 0 Å². The lowest BCUT2D eigenvalue weighted by molar-refractivity contribution is 0.322. The number of hydrogen-bond acceptors (Lipinski definition) is 4. The molecule has 0 aromatic heterocycles. The molecule has 0 saturated carbocycles. The van der Waals surface area contributed by atoms with Gasteiger partial charge in [0.2, 0.25) is 0 Å². The first-order chi connectivity index (χ1) is 3.81. The fraction of sp³-hybridized carbons (Fsp3) is 1.00. The van der Waals surface area contributed by atoms with Crippen molar-refractivity contribution in [2.75, 3.05) is 18.1 Å². The lowest BCUT2D eigenvalue weighted by atomic mass is 10.8. The molecule has 0 radical (unpaired) electrons. The Bertz CT molecular complexity index is 53.3. The Hall–Kier alpha value is 0.620. The van der Waals surface area contributed by atoms with E-state index in [9.17, 15) is 0 Å². The van der Waals surface area contributed by atoms with E-state index in [1.54, 1.807) is 0 Å². The minimum absolute atomic E-state index is 0.0745. The molecule has 2 nitrogen and oxygen atoms in total. The van der Waals surface area contributed by atoms with E-state index in [0.29, 0.717) is 11.5 Å². The third-order valence-corrected chi connectivity index (χ3v) is 2.26. The number of aliphatic hydroxyl groups is 1. The van der Waals surface area contributed by atoms with Gasteiger partial charge in [0.25, 0.3) is 0 Å². The highest BCUT2D eigenvalue weighted by atomic mass is 32.2. The van der Waals surface area contributed by atoms with Gasteiger partial charge in [-0.05, 0) is 0 Å². The molecule has 0 amide bonds. The SMILES string of the molecule is NC(CS)SCCO. The second kappa shape index (κ2) is 5.75. The van der Waals surface area contributed by atoms with E-state index in [0.717, 1.165) is 0 Å². The van der Waals surface area contributed by atoms with Crippen molar-refractivity contribution in [3.05, 3.63) is 0 Å². The summed E-state index contributed by atoms with van der Waals surface area (Å²) in [6.07, 6.45) is 0. The molecular weight excluding hydrogens is 142 g/mol. The summed E-state index contributed by atoms with van der Waals surface area (Å²) in [5.41, 5.74) is 5.43. The molecule has 0 spiro atoms. The molecule has 0 aromatic carbocycles. The topological polar surface area (TPSA) is 46.2 Å². The highest BCUT2D eigenvalue weighted by Crippen LogP contribution is 2.04. The molecule has 8 heavy (non-hydrogen) atoms. The van der Waals surface area contributed by atoms with Crippen molar-refractivity contribution in [2.45, 2.75) is 5.37 Å². The van der Waals surface area contributed by atoms with E-state index >= 15 is 0 Å². The van der Waals surface area contributed by atoms with Gasteiger partial charge in [0, 0.05) is 11.5 Å². The van der Waals surface area contributed by atoms with Gasteiger partial charge >= 0.3 is 0 Å². The zero-order valence-electron chi connectivity index (χ0n) is 4.58. The standard InChI is InChI=1S/C4H11NOS2/c5-4(3-7)8-2-1-6/h4,6-7H,1-3,5H2. The average Bonchev–Trinajstić information content (AvgIpc) is 1.83. The number of thiol groups is 1. The average molecular weight is 153 g/mol. The summed E-state index contributed by atoms with van der Waals surface area (Å²) in [4.78, 5) is 0. The Morgan fingerprint density at radius 3 is 2.75 bits per heavy atom. The second-order valence-electron chi connectivity index (χ2n) is 1.32. The minimum Gasteiger partial charge on any atom is -0.396 e. The van der Waals surface area contributed by atoms with Gasteiger partial charge in [-0.15, -0.1) is 11.8 Å². The molecule has 0 fully saturated rings. The fourth-order valence-electron chi connectivity index (χ4n) is 0.257. The van der Waals surface area contributed by atoms with Gasteiger partial charge in [-0.3, -0.25) is 0 Å². The van der Waals surface area contributed by atoms with E-state index in [4.69, 9.17) is 10.8 Å². The lowest BCUT2D eigenvalue weighted by Gasteiger charge is -2.04. The van der Waals surface area contributed by atoms with Crippen LogP contribution in [0, 0.1) is 0 Å². The summed E-state index contributed by atoms with van der Waals surface area (Å²) in [5, 5.41) is 8.38. The molecule has 0 aliphatic carbocycles. The fourth-order valence-corrected chi connectivity index (χ4v) is 1.09. The van der Waals surface area contributed by atoms with Gasteiger partial charge in [-0.25, -0.2) is 0 Å². The summed E-state index contributed by atoms with van der Waals surface area (Å²) in [7, 11) is 0. The molecule has 0 saturated heterocycles. The molecule has 4 heteroatoms. The number of hydrogen-bond donors (Lipinski definition) is 3. The van der Waals surface area contributed by atoms with E-state index in [1.165, 1.54) is 11.8 Å². The van der Waals surface area contributed by atoms with Gasteiger partial charge in [-0.1, -0.05) is 0 Å². The van der Waals surface area contributed by atoms with Crippen LogP contribution in [0.3, 0.4) is 0 Å². The first-order valence-electron chi connectivity index (χ1n) is 2.40. The molecule has 0 aliphatic heterocycles. The van der Waals surface area contributed by atoms with Crippen LogP contribution in [0.1, 0.15) is 0 Å². The van der Waals surface area contributed by atoms with Crippen LogP contribution in [-0.4, -0.2) is 28.6 Å². The maximum absolute atomic E-state index is 8.31. The van der Waals surface area contributed by atoms with Crippen LogP contribution in [0.15, 0.2) is 0 Å². The Labute approximate surface area is 59.2 Å². The lowest BCUT2D eigenvalue weighted by Crippen LogP contribution is -2.18. The summed E-state index contributed by atoms with van der Waals surface area (Å²) in [5.74, 6) is 1.38. The molecule has 0 rings (SSSR count). The first kappa shape index (κ1) is 8.62. The largest absolute Gasteiger partial charge is 0.396 e. The van der Waals surface area contributed by atoms with Crippen molar-refractivity contribution in [2.24, 2.45) is 5.73 Å². The van der Waals surface area contributed by atoms with Crippen molar-refractivity contribution in [1.82, 2.24) is 0 Å². The number of thioether (sulfide) groups is 1. The van der Waals surface area contributed by atoms with Crippen molar-refractivity contribution in [1.29, 1.82) is 0 Å². The zero-order chi connectivity index (χ0) is 6.41. The van der Waals surface area contributed by atoms with Gasteiger partial charge < -0.3 is 10.8 Å². The third kappa shape index (κ3) is 4.77. The van der Waals surface area contributed by atoms with E-state index in [2.05, 4.69) is 12.6 Å². The van der Waals surface area contributed by atoms with Crippen molar-refractivity contribution in [3.63, 3.8) is 0 Å². The summed E-state index contributed by atoms with van der Waals surface area (Å²) >= 11 is 5.49. The molecular formula is C4H11NOS2. The van der Waals surface area contributed by atoms with Crippen LogP contribution < -0.4 is 5.73 Å². The number of nitrogens with two attached hydrogens (primary N) is 1. The summed E-state index contributed by atoms with van der Waals surface area (Å²) in [6.45, 7) is 0.201. The number of rotatable bonds is 4. The second-order valence-corrected chi connectivity index (χ2v) is 3.03. The molecule has 0 aromatic rings. The van der Waals surface area contributed by atoms with E-state index in [1.807, 2.05) is 0 Å². The molecule has 0 bridgehead atoms. The van der Waals surface area contributed by atoms with Crippen LogP contribution in [0.5, 0.6) is 0 Å². The van der Waals surface area contributed by atoms with Crippen molar-refractivity contribution < 1.29 is 5.11 Å². The van der Waals surface area contributed by atoms with Crippen LogP contribution in [-0.2, 0) is 0 Å². The van der Waals surface area contributed by atoms with Crippen LogP contribution in [0.4, 0.5) is 0 Å². The number of aliphatic hydroxyl groups excluding tert-OH is 1. The molecule has 0 heterocycles. The smallest absolute Gasteiger partial charge is 0.0597 e. The van der Waals surface area contributed by atoms with Crippen LogP contribution >= 0.6 is 24.4 Å². The highest BCUT2D eigenvalue weighted by Gasteiger charge is 1.96. The highest BCUT2D eigenvalue weighted by molar-refractivity contribution is 8.00. The van der Waals surface area contributed by atoms with Crippen molar-refractivity contribution >= 4 is 24.4 Å². The maximum atomic E-state index is 8.31. The molecule has 0 aliphatic rings. The zero-order valence-corrected chi connectivity index (χ0v) is 6.29. The summed E-state index contributed by atoms with van der Waals surface area (Å²) < 4.78 is 0. The molecule has 1 atom stereocenters. The van der Waals surface area contributed by atoms with Crippen LogP contribution in [0.25, 0.3) is 0 Å². The van der Waals surface area contributed by atoms with Gasteiger partial charge in [0.05, 0.1) is 12.0 Å². The maximum Gasteiger partial charge on any atom is 0.0597 e. The molecule has 50 valence electrons. The van der Waals surface area contributed by atoms with Gasteiger partial charge in [-0.2, -0.15) is 12.6 Å². The third-order valence-electron chi connectivity index (χ3n) is 0.603. The van der Waals surface area contributed by atoms with Crippen LogP contribution in [0.2, 0.25) is 0 Å².